The summed E-state index contributed by atoms with van der Waals surface area (Å²) in [6.07, 6.45) is 4.49. The van der Waals surface area contributed by atoms with Gasteiger partial charge in [-0.1, -0.05) is 24.1 Å². The van der Waals surface area contributed by atoms with E-state index in [0.717, 1.165) is 38.2 Å². The molecular formula is C21H24ClF3N4O2S. The van der Waals surface area contributed by atoms with Crippen molar-refractivity contribution in [3.05, 3.63) is 46.9 Å². The van der Waals surface area contributed by atoms with Crippen LogP contribution < -0.4 is 9.62 Å². The maximum atomic E-state index is 15.0. The van der Waals surface area contributed by atoms with Crippen molar-refractivity contribution in [2.75, 3.05) is 42.3 Å². The molecule has 4 rings (SSSR count). The second-order valence-corrected chi connectivity index (χ2v) is 10.2. The molecular weight excluding hydrogens is 465 g/mol. The van der Waals surface area contributed by atoms with E-state index in [1.165, 1.54) is 31.4 Å². The average Bonchev–Trinajstić information content (AvgIpc) is 3.19. The van der Waals surface area contributed by atoms with Crippen LogP contribution in [0.2, 0.25) is 5.02 Å². The zero-order chi connectivity index (χ0) is 22.9. The van der Waals surface area contributed by atoms with Crippen molar-refractivity contribution in [3.63, 3.8) is 0 Å². The van der Waals surface area contributed by atoms with E-state index in [0.29, 0.717) is 19.0 Å². The van der Waals surface area contributed by atoms with E-state index in [9.17, 15) is 17.2 Å². The van der Waals surface area contributed by atoms with Gasteiger partial charge in [0.1, 0.15) is 16.7 Å². The summed E-state index contributed by atoms with van der Waals surface area (Å²) in [7, 11) is -4.72. The lowest BCUT2D eigenvalue weighted by Crippen LogP contribution is -2.35. The summed E-state index contributed by atoms with van der Waals surface area (Å²) in [6, 6.07) is 4.34. The molecule has 0 bridgehead atoms. The number of likely N-dealkylation sites (tertiary alicyclic amines) is 1. The summed E-state index contributed by atoms with van der Waals surface area (Å²) >= 11 is 6.16. The minimum Gasteiger partial charge on any atom is -0.370 e. The van der Waals surface area contributed by atoms with Gasteiger partial charge in [-0.05, 0) is 50.4 Å². The Morgan fingerprint density at radius 3 is 2.59 bits per heavy atom. The molecule has 0 saturated carbocycles. The van der Waals surface area contributed by atoms with Crippen molar-refractivity contribution in [2.24, 2.45) is 5.92 Å². The van der Waals surface area contributed by atoms with Crippen LogP contribution in [-0.2, 0) is 10.0 Å². The van der Waals surface area contributed by atoms with E-state index in [-0.39, 0.29) is 5.69 Å². The van der Waals surface area contributed by atoms with Crippen LogP contribution in [0.25, 0.3) is 0 Å². The quantitative estimate of drug-likeness (QED) is 0.486. The van der Waals surface area contributed by atoms with Gasteiger partial charge in [-0.2, -0.15) is 4.39 Å². The number of aromatic nitrogens is 1. The second-order valence-electron chi connectivity index (χ2n) is 8.25. The van der Waals surface area contributed by atoms with Crippen molar-refractivity contribution in [1.29, 1.82) is 0 Å². The van der Waals surface area contributed by atoms with E-state index in [4.69, 9.17) is 11.6 Å². The third kappa shape index (κ3) is 4.97. The fourth-order valence-corrected chi connectivity index (χ4v) is 5.87. The van der Waals surface area contributed by atoms with Crippen LogP contribution in [0.1, 0.15) is 25.7 Å². The minimum absolute atomic E-state index is 0.130. The molecule has 0 amide bonds. The van der Waals surface area contributed by atoms with Gasteiger partial charge in [0.2, 0.25) is 5.95 Å². The fourth-order valence-electron chi connectivity index (χ4n) is 4.40. The maximum absolute atomic E-state index is 15.0. The van der Waals surface area contributed by atoms with Crippen LogP contribution >= 0.6 is 11.6 Å². The molecule has 6 nitrogen and oxygen atoms in total. The van der Waals surface area contributed by atoms with Gasteiger partial charge in [0.05, 0.1) is 5.69 Å². The second kappa shape index (κ2) is 9.44. The van der Waals surface area contributed by atoms with Crippen LogP contribution in [0.5, 0.6) is 0 Å². The predicted octanol–water partition coefficient (Wildman–Crippen LogP) is 4.27. The van der Waals surface area contributed by atoms with Crippen molar-refractivity contribution in [1.82, 2.24) is 9.88 Å². The molecule has 2 aliphatic rings. The first-order chi connectivity index (χ1) is 15.2. The summed E-state index contributed by atoms with van der Waals surface area (Å²) < 4.78 is 70.1. The van der Waals surface area contributed by atoms with E-state index >= 15 is 4.39 Å². The largest absolute Gasteiger partial charge is 0.370 e. The summed E-state index contributed by atoms with van der Waals surface area (Å²) in [5.41, 5.74) is 0.130. The lowest BCUT2D eigenvalue weighted by molar-refractivity contribution is 0.201. The van der Waals surface area contributed by atoms with Crippen molar-refractivity contribution >= 4 is 33.1 Å². The number of hydrogen-bond donors (Lipinski definition) is 1. The van der Waals surface area contributed by atoms with Crippen molar-refractivity contribution in [2.45, 2.75) is 30.6 Å². The highest BCUT2D eigenvalue weighted by Gasteiger charge is 2.32. The summed E-state index contributed by atoms with van der Waals surface area (Å²) in [4.78, 5) is 6.35. The number of anilines is 2. The highest BCUT2D eigenvalue weighted by molar-refractivity contribution is 7.92. The van der Waals surface area contributed by atoms with E-state index in [1.54, 1.807) is 4.90 Å². The Bertz CT molecular complexity index is 1100. The van der Waals surface area contributed by atoms with Gasteiger partial charge in [0.25, 0.3) is 10.0 Å². The number of pyridine rings is 1. The Morgan fingerprint density at radius 1 is 1.12 bits per heavy atom. The van der Waals surface area contributed by atoms with E-state index in [2.05, 4.69) is 9.88 Å². The number of sulfonamides is 1. The van der Waals surface area contributed by atoms with Crippen LogP contribution in [0, 0.1) is 23.5 Å². The Kier molecular flexibility index (Phi) is 6.83. The first-order valence-electron chi connectivity index (χ1n) is 10.5. The van der Waals surface area contributed by atoms with Crippen LogP contribution in [0.3, 0.4) is 0 Å². The molecule has 2 fully saturated rings. The number of benzene rings is 1. The zero-order valence-electron chi connectivity index (χ0n) is 17.3. The number of halogens is 4. The summed E-state index contributed by atoms with van der Waals surface area (Å²) in [5.74, 6) is -3.65. The van der Waals surface area contributed by atoms with Gasteiger partial charge in [-0.15, -0.1) is 0 Å². The fraction of sp³-hybridized carbons (Fsp3) is 0.476. The molecule has 2 aromatic rings. The van der Waals surface area contributed by atoms with Gasteiger partial charge in [-0.25, -0.2) is 22.2 Å². The van der Waals surface area contributed by atoms with Gasteiger partial charge in [0, 0.05) is 25.7 Å². The number of piperidine rings is 1. The first-order valence-corrected chi connectivity index (χ1v) is 12.4. The van der Waals surface area contributed by atoms with Gasteiger partial charge >= 0.3 is 0 Å². The molecule has 0 aliphatic carbocycles. The van der Waals surface area contributed by atoms with E-state index in [1.807, 2.05) is 4.72 Å². The summed E-state index contributed by atoms with van der Waals surface area (Å²) in [6.45, 7) is 4.23. The third-order valence-corrected chi connectivity index (χ3v) is 7.66. The Balaban J connectivity index is 1.54. The molecule has 0 unspecified atom stereocenters. The molecule has 3 heterocycles. The molecule has 11 heteroatoms. The predicted molar refractivity (Wildman–Crippen MR) is 117 cm³/mol. The number of nitrogens with one attached hydrogen (secondary N) is 1. The molecule has 32 heavy (non-hydrogen) atoms. The summed E-state index contributed by atoms with van der Waals surface area (Å²) in [5, 5.41) is -0.461. The van der Waals surface area contributed by atoms with E-state index < -0.39 is 43.3 Å². The van der Waals surface area contributed by atoms with Gasteiger partial charge in [-0.3, -0.25) is 4.72 Å². The standard InChI is InChI=1S/C21H24ClF3N4O2S/c22-19-16(29-10-7-14(13-29)12-28-8-2-1-3-9-28)11-15(23)21(20(19)25)32(30,31)27-18-6-4-5-17(24)26-18/h4-6,11,14H,1-3,7-10,12-13H2,(H,26,27)/t14-/m0/s1. The maximum Gasteiger partial charge on any atom is 0.268 e. The molecule has 2 saturated heterocycles. The molecule has 0 radical (unpaired) electrons. The lowest BCUT2D eigenvalue weighted by atomic mass is 10.1. The van der Waals surface area contributed by atoms with Crippen LogP contribution in [-0.4, -0.2) is 51.0 Å². The third-order valence-electron chi connectivity index (χ3n) is 5.91. The number of rotatable bonds is 6. The topological polar surface area (TPSA) is 65.5 Å². The van der Waals surface area contributed by atoms with Gasteiger partial charge < -0.3 is 9.80 Å². The Hall–Kier alpha value is -2.04. The highest BCUT2D eigenvalue weighted by Crippen LogP contribution is 2.37. The molecule has 174 valence electrons. The van der Waals surface area contributed by atoms with Crippen LogP contribution in [0.4, 0.5) is 24.7 Å². The van der Waals surface area contributed by atoms with Gasteiger partial charge in [0.15, 0.2) is 10.7 Å². The molecule has 1 aromatic carbocycles. The van der Waals surface area contributed by atoms with Crippen LogP contribution in [0.15, 0.2) is 29.2 Å². The lowest BCUT2D eigenvalue weighted by Gasteiger charge is -2.29. The average molecular weight is 489 g/mol. The Morgan fingerprint density at radius 2 is 1.88 bits per heavy atom. The SMILES string of the molecule is O=S(=O)(Nc1cccc(F)n1)c1c(F)cc(N2CC[C@@H](CN3CCCCC3)C2)c(Cl)c1F. The minimum atomic E-state index is -4.72. The molecule has 1 N–H and O–H groups in total. The monoisotopic (exact) mass is 488 g/mol. The molecule has 1 aromatic heterocycles. The first kappa shape index (κ1) is 23.1. The highest BCUT2D eigenvalue weighted by atomic mass is 35.5. The molecule has 0 spiro atoms. The molecule has 2 aliphatic heterocycles. The Labute approximate surface area is 190 Å². The zero-order valence-corrected chi connectivity index (χ0v) is 18.9. The number of nitrogens with zero attached hydrogens (tertiary/aromatic N) is 3. The van der Waals surface area contributed by atoms with Crippen molar-refractivity contribution in [3.8, 4) is 0 Å². The smallest absolute Gasteiger partial charge is 0.268 e. The number of hydrogen-bond acceptors (Lipinski definition) is 5. The van der Waals surface area contributed by atoms with Crippen molar-refractivity contribution < 1.29 is 21.6 Å². The normalized spacial score (nSPS) is 20.0. The molecule has 1 atom stereocenters.